The van der Waals surface area contributed by atoms with Crippen LogP contribution in [0.1, 0.15) is 30.7 Å². The third-order valence-electron chi connectivity index (χ3n) is 4.68. The molecule has 2 aromatic carbocycles. The van der Waals surface area contributed by atoms with Gasteiger partial charge in [0.15, 0.2) is 0 Å². The molecule has 0 bridgehead atoms. The van der Waals surface area contributed by atoms with E-state index in [0.29, 0.717) is 29.7 Å². The van der Waals surface area contributed by atoms with Gasteiger partial charge in [-0.25, -0.2) is 0 Å². The summed E-state index contributed by atoms with van der Waals surface area (Å²) in [5.74, 6) is 0.916. The van der Waals surface area contributed by atoms with E-state index in [1.54, 1.807) is 11.0 Å². The lowest BCUT2D eigenvalue weighted by atomic mass is 10.1. The molecule has 5 nitrogen and oxygen atoms in total. The van der Waals surface area contributed by atoms with Gasteiger partial charge in [-0.15, -0.1) is 0 Å². The molecule has 0 radical (unpaired) electrons. The van der Waals surface area contributed by atoms with E-state index in [1.807, 2.05) is 30.3 Å². The first-order chi connectivity index (χ1) is 12.7. The van der Waals surface area contributed by atoms with E-state index in [4.69, 9.17) is 16.1 Å². The fraction of sp³-hybridized carbons (Fsp3) is 0.250. The molecular weight excluding hydrogens is 350 g/mol. The molecule has 1 aliphatic heterocycles. The largest absolute Gasteiger partial charge is 0.339 e. The van der Waals surface area contributed by atoms with Crippen LogP contribution < -0.4 is 4.90 Å². The Labute approximate surface area is 156 Å². The van der Waals surface area contributed by atoms with Gasteiger partial charge in [0.25, 0.3) is 0 Å². The number of halogens is 1. The van der Waals surface area contributed by atoms with Crippen molar-refractivity contribution in [2.24, 2.45) is 0 Å². The van der Waals surface area contributed by atoms with Crippen LogP contribution in [0.25, 0.3) is 11.4 Å². The Kier molecular flexibility index (Phi) is 4.47. The Morgan fingerprint density at radius 2 is 1.96 bits per heavy atom. The Morgan fingerprint density at radius 3 is 2.69 bits per heavy atom. The molecule has 0 N–H and O–H groups in total. The van der Waals surface area contributed by atoms with Crippen LogP contribution in [0, 0.1) is 0 Å². The van der Waals surface area contributed by atoms with Crippen LogP contribution in [0.2, 0.25) is 5.02 Å². The van der Waals surface area contributed by atoms with Gasteiger partial charge in [0.2, 0.25) is 17.6 Å². The highest BCUT2D eigenvalue weighted by atomic mass is 35.5. The summed E-state index contributed by atoms with van der Waals surface area (Å²) in [7, 11) is 0. The van der Waals surface area contributed by atoms with Gasteiger partial charge in [-0.2, -0.15) is 4.98 Å². The number of amides is 1. The number of hydrogen-bond donors (Lipinski definition) is 0. The van der Waals surface area contributed by atoms with Gasteiger partial charge < -0.3 is 9.42 Å². The minimum Gasteiger partial charge on any atom is -0.339 e. The maximum absolute atomic E-state index is 12.4. The number of nitrogens with zero attached hydrogens (tertiary/aromatic N) is 3. The summed E-state index contributed by atoms with van der Waals surface area (Å²) in [6.07, 6.45) is 1.32. The topological polar surface area (TPSA) is 59.2 Å². The normalized spacial score (nSPS) is 17.1. The van der Waals surface area contributed by atoms with Crippen LogP contribution in [0.15, 0.2) is 53.1 Å². The number of anilines is 1. The van der Waals surface area contributed by atoms with Gasteiger partial charge in [0.05, 0.1) is 16.6 Å². The van der Waals surface area contributed by atoms with Gasteiger partial charge in [0, 0.05) is 18.5 Å². The van der Waals surface area contributed by atoms with Crippen LogP contribution in [-0.2, 0) is 11.2 Å². The molecule has 0 saturated carbocycles. The monoisotopic (exact) mass is 367 g/mol. The number of aromatic nitrogens is 2. The quantitative estimate of drug-likeness (QED) is 0.682. The smallest absolute Gasteiger partial charge is 0.232 e. The fourth-order valence-electron chi connectivity index (χ4n) is 3.18. The standard InChI is InChI=1S/C20H18ClN3O2/c1-2-13-7-9-14(10-8-13)19-22-20(26-23-19)15-11-18(25)24(12-15)17-6-4-3-5-16(17)21/h3-10,15H,2,11-12H2,1H3. The number of para-hydroxylation sites is 1. The van der Waals surface area contributed by atoms with E-state index >= 15 is 0 Å². The van der Waals surface area contributed by atoms with Gasteiger partial charge >= 0.3 is 0 Å². The third kappa shape index (κ3) is 3.10. The zero-order valence-electron chi connectivity index (χ0n) is 14.4. The van der Waals surface area contributed by atoms with Crippen molar-refractivity contribution >= 4 is 23.2 Å². The Balaban J connectivity index is 1.55. The molecule has 26 heavy (non-hydrogen) atoms. The number of hydrogen-bond acceptors (Lipinski definition) is 4. The summed E-state index contributed by atoms with van der Waals surface area (Å²) in [5, 5.41) is 4.64. The van der Waals surface area contributed by atoms with E-state index in [0.717, 1.165) is 17.7 Å². The Morgan fingerprint density at radius 1 is 1.19 bits per heavy atom. The maximum Gasteiger partial charge on any atom is 0.232 e. The van der Waals surface area contributed by atoms with Crippen LogP contribution in [0.4, 0.5) is 5.69 Å². The van der Waals surface area contributed by atoms with Crippen molar-refractivity contribution in [2.75, 3.05) is 11.4 Å². The SMILES string of the molecule is CCc1ccc(-c2noc(C3CC(=O)N(c4ccccc4Cl)C3)n2)cc1. The molecule has 1 aromatic heterocycles. The Hall–Kier alpha value is -2.66. The van der Waals surface area contributed by atoms with Crippen LogP contribution in [0.5, 0.6) is 0 Å². The van der Waals surface area contributed by atoms with Gasteiger partial charge in [-0.3, -0.25) is 4.79 Å². The van der Waals surface area contributed by atoms with Crippen molar-refractivity contribution in [2.45, 2.75) is 25.7 Å². The predicted octanol–water partition coefficient (Wildman–Crippen LogP) is 4.47. The summed E-state index contributed by atoms with van der Waals surface area (Å²) < 4.78 is 5.45. The molecule has 6 heteroatoms. The van der Waals surface area contributed by atoms with E-state index in [-0.39, 0.29) is 11.8 Å². The number of carbonyl (C=O) groups is 1. The highest BCUT2D eigenvalue weighted by Gasteiger charge is 2.35. The minimum atomic E-state index is -0.130. The average molecular weight is 368 g/mol. The van der Waals surface area contributed by atoms with E-state index in [1.165, 1.54) is 5.56 Å². The first kappa shape index (κ1) is 16.8. The molecule has 4 rings (SSSR count). The van der Waals surface area contributed by atoms with Crippen molar-refractivity contribution in [3.63, 3.8) is 0 Å². The number of aryl methyl sites for hydroxylation is 1. The summed E-state index contributed by atoms with van der Waals surface area (Å²) in [6, 6.07) is 15.4. The molecule has 2 heterocycles. The van der Waals surface area contributed by atoms with Crippen LogP contribution in [0.3, 0.4) is 0 Å². The second-order valence-corrected chi connectivity index (χ2v) is 6.77. The van der Waals surface area contributed by atoms with E-state index in [2.05, 4.69) is 29.2 Å². The van der Waals surface area contributed by atoms with Gasteiger partial charge in [0.1, 0.15) is 0 Å². The minimum absolute atomic E-state index is 0.00940. The lowest BCUT2D eigenvalue weighted by molar-refractivity contribution is -0.117. The second-order valence-electron chi connectivity index (χ2n) is 6.36. The van der Waals surface area contributed by atoms with Crippen molar-refractivity contribution in [1.82, 2.24) is 10.1 Å². The summed E-state index contributed by atoms with van der Waals surface area (Å²) >= 11 is 6.23. The molecule has 1 atom stereocenters. The second kappa shape index (κ2) is 6.92. The predicted molar refractivity (Wildman–Crippen MR) is 100 cm³/mol. The van der Waals surface area contributed by atoms with Crippen molar-refractivity contribution < 1.29 is 9.32 Å². The number of benzene rings is 2. The highest BCUT2D eigenvalue weighted by Crippen LogP contribution is 2.35. The molecule has 132 valence electrons. The first-order valence-corrected chi connectivity index (χ1v) is 9.01. The van der Waals surface area contributed by atoms with Crippen molar-refractivity contribution in [1.29, 1.82) is 0 Å². The molecular formula is C20H18ClN3O2. The third-order valence-corrected chi connectivity index (χ3v) is 5.00. The van der Waals surface area contributed by atoms with E-state index < -0.39 is 0 Å². The zero-order valence-corrected chi connectivity index (χ0v) is 15.1. The zero-order chi connectivity index (χ0) is 18.1. The van der Waals surface area contributed by atoms with Gasteiger partial charge in [-0.05, 0) is 24.1 Å². The van der Waals surface area contributed by atoms with Gasteiger partial charge in [-0.1, -0.05) is 60.1 Å². The number of carbonyl (C=O) groups excluding carboxylic acids is 1. The van der Waals surface area contributed by atoms with Crippen LogP contribution in [-0.4, -0.2) is 22.6 Å². The van der Waals surface area contributed by atoms with E-state index in [9.17, 15) is 4.79 Å². The lowest BCUT2D eigenvalue weighted by Crippen LogP contribution is -2.24. The Bertz CT molecular complexity index is 936. The molecule has 1 unspecified atom stereocenters. The number of rotatable bonds is 4. The van der Waals surface area contributed by atoms with Crippen LogP contribution >= 0.6 is 11.6 Å². The molecule has 0 aliphatic carbocycles. The first-order valence-electron chi connectivity index (χ1n) is 8.63. The molecule has 0 spiro atoms. The molecule has 1 amide bonds. The van der Waals surface area contributed by atoms with Crippen molar-refractivity contribution in [3.8, 4) is 11.4 Å². The highest BCUT2D eigenvalue weighted by molar-refractivity contribution is 6.33. The van der Waals surface area contributed by atoms with Crippen molar-refractivity contribution in [3.05, 3.63) is 65.0 Å². The molecule has 3 aromatic rings. The molecule has 1 fully saturated rings. The molecule has 1 aliphatic rings. The summed E-state index contributed by atoms with van der Waals surface area (Å²) in [5.41, 5.74) is 2.88. The summed E-state index contributed by atoms with van der Waals surface area (Å²) in [4.78, 5) is 18.6. The molecule has 1 saturated heterocycles. The average Bonchev–Trinajstić information content (AvgIpc) is 3.29. The maximum atomic E-state index is 12.4. The summed E-state index contributed by atoms with van der Waals surface area (Å²) in [6.45, 7) is 2.60. The lowest BCUT2D eigenvalue weighted by Gasteiger charge is -2.17. The fourth-order valence-corrected chi connectivity index (χ4v) is 3.42.